The zero-order chi connectivity index (χ0) is 8.81. The molecule has 0 bridgehead atoms. The van der Waals surface area contributed by atoms with Crippen molar-refractivity contribution in [1.29, 1.82) is 0 Å². The van der Waals surface area contributed by atoms with E-state index < -0.39 is 0 Å². The molecule has 1 N–H and O–H groups in total. The van der Waals surface area contributed by atoms with E-state index in [0.29, 0.717) is 6.04 Å². The summed E-state index contributed by atoms with van der Waals surface area (Å²) in [5.41, 5.74) is 1.41. The molecule has 1 aromatic rings. The first-order chi connectivity index (χ1) is 5.84. The third-order valence-corrected chi connectivity index (χ3v) is 2.73. The van der Waals surface area contributed by atoms with Gasteiger partial charge in [0.25, 0.3) is 0 Å². The highest BCUT2D eigenvalue weighted by Crippen LogP contribution is 2.15. The van der Waals surface area contributed by atoms with Crippen LogP contribution in [0.15, 0.2) is 16.8 Å². The average molecular weight is 183 g/mol. The van der Waals surface area contributed by atoms with Crippen LogP contribution in [-0.4, -0.2) is 6.54 Å². The summed E-state index contributed by atoms with van der Waals surface area (Å²) in [7, 11) is 0. The summed E-state index contributed by atoms with van der Waals surface area (Å²) in [5, 5.41) is 7.84. The number of hydrogen-bond donors (Lipinski definition) is 1. The van der Waals surface area contributed by atoms with Gasteiger partial charge < -0.3 is 5.32 Å². The topological polar surface area (TPSA) is 12.0 Å². The van der Waals surface area contributed by atoms with Gasteiger partial charge in [-0.1, -0.05) is 13.3 Å². The van der Waals surface area contributed by atoms with E-state index in [1.54, 1.807) is 11.3 Å². The predicted octanol–water partition coefficient (Wildman–Crippen LogP) is 3.20. The third kappa shape index (κ3) is 2.95. The lowest BCUT2D eigenvalue weighted by atomic mass is 10.2. The molecule has 0 aliphatic rings. The Hall–Kier alpha value is -0.340. The average Bonchev–Trinajstić information content (AvgIpc) is 2.56. The van der Waals surface area contributed by atoms with E-state index in [9.17, 15) is 0 Å². The third-order valence-electron chi connectivity index (χ3n) is 2.02. The first-order valence-electron chi connectivity index (χ1n) is 4.60. The van der Waals surface area contributed by atoms with Crippen molar-refractivity contribution in [3.63, 3.8) is 0 Å². The van der Waals surface area contributed by atoms with Gasteiger partial charge in [0, 0.05) is 6.04 Å². The molecule has 1 unspecified atom stereocenters. The molecule has 68 valence electrons. The van der Waals surface area contributed by atoms with Crippen LogP contribution in [-0.2, 0) is 0 Å². The molecule has 2 heteroatoms. The van der Waals surface area contributed by atoms with Crippen molar-refractivity contribution in [3.05, 3.63) is 22.4 Å². The fourth-order valence-corrected chi connectivity index (χ4v) is 1.89. The van der Waals surface area contributed by atoms with Crippen LogP contribution >= 0.6 is 11.3 Å². The molecule has 1 heterocycles. The van der Waals surface area contributed by atoms with Crippen LogP contribution in [0.5, 0.6) is 0 Å². The van der Waals surface area contributed by atoms with E-state index in [1.165, 1.54) is 18.4 Å². The van der Waals surface area contributed by atoms with Crippen molar-refractivity contribution < 1.29 is 0 Å². The van der Waals surface area contributed by atoms with E-state index in [0.717, 1.165) is 6.54 Å². The fraction of sp³-hybridized carbons (Fsp3) is 0.600. The number of rotatable bonds is 5. The van der Waals surface area contributed by atoms with Crippen LogP contribution in [0.4, 0.5) is 0 Å². The Morgan fingerprint density at radius 1 is 1.58 bits per heavy atom. The summed E-state index contributed by atoms with van der Waals surface area (Å²) in [6.45, 7) is 5.57. The van der Waals surface area contributed by atoms with Gasteiger partial charge in [-0.25, -0.2) is 0 Å². The predicted molar refractivity (Wildman–Crippen MR) is 55.6 cm³/mol. The smallest absolute Gasteiger partial charge is 0.0300 e. The van der Waals surface area contributed by atoms with Crippen LogP contribution in [0.3, 0.4) is 0 Å². The number of thiophene rings is 1. The Labute approximate surface area is 78.8 Å². The maximum Gasteiger partial charge on any atom is 0.0300 e. The lowest BCUT2D eigenvalue weighted by Crippen LogP contribution is -2.19. The van der Waals surface area contributed by atoms with Gasteiger partial charge in [0.2, 0.25) is 0 Å². The Balaban J connectivity index is 2.25. The SMILES string of the molecule is CCCCNC(C)c1ccsc1. The van der Waals surface area contributed by atoms with Crippen molar-refractivity contribution in [3.8, 4) is 0 Å². The molecule has 1 aromatic heterocycles. The molecule has 0 saturated heterocycles. The minimum absolute atomic E-state index is 0.516. The lowest BCUT2D eigenvalue weighted by molar-refractivity contribution is 0.556. The minimum atomic E-state index is 0.516. The standard InChI is InChI=1S/C10H17NS/c1-3-4-6-11-9(2)10-5-7-12-8-10/h5,7-9,11H,3-4,6H2,1-2H3. The van der Waals surface area contributed by atoms with Gasteiger partial charge >= 0.3 is 0 Å². The van der Waals surface area contributed by atoms with E-state index >= 15 is 0 Å². The van der Waals surface area contributed by atoms with Crippen molar-refractivity contribution in [2.45, 2.75) is 32.7 Å². The summed E-state index contributed by atoms with van der Waals surface area (Å²) >= 11 is 1.77. The molecule has 1 nitrogen and oxygen atoms in total. The Bertz CT molecular complexity index is 194. The molecule has 0 aliphatic heterocycles. The van der Waals surface area contributed by atoms with E-state index in [1.807, 2.05) is 0 Å². The maximum atomic E-state index is 3.49. The molecule has 12 heavy (non-hydrogen) atoms. The fourth-order valence-electron chi connectivity index (χ4n) is 1.13. The second-order valence-electron chi connectivity index (χ2n) is 3.09. The molecular weight excluding hydrogens is 166 g/mol. The summed E-state index contributed by atoms with van der Waals surface area (Å²) < 4.78 is 0. The van der Waals surface area contributed by atoms with Gasteiger partial charge in [-0.3, -0.25) is 0 Å². The second-order valence-corrected chi connectivity index (χ2v) is 3.87. The first-order valence-corrected chi connectivity index (χ1v) is 5.54. The summed E-state index contributed by atoms with van der Waals surface area (Å²) in [5.74, 6) is 0. The number of hydrogen-bond acceptors (Lipinski definition) is 2. The second kappa shape index (κ2) is 5.33. The highest BCUT2D eigenvalue weighted by molar-refractivity contribution is 7.07. The summed E-state index contributed by atoms with van der Waals surface area (Å²) in [6.07, 6.45) is 2.54. The number of nitrogens with one attached hydrogen (secondary N) is 1. The Kier molecular flexibility index (Phi) is 4.33. The van der Waals surface area contributed by atoms with E-state index in [-0.39, 0.29) is 0 Å². The van der Waals surface area contributed by atoms with Crippen LogP contribution < -0.4 is 5.32 Å². The first kappa shape index (κ1) is 9.75. The molecule has 1 rings (SSSR count). The summed E-state index contributed by atoms with van der Waals surface area (Å²) in [6, 6.07) is 2.71. The molecule has 0 amide bonds. The van der Waals surface area contributed by atoms with Crippen LogP contribution in [0.1, 0.15) is 38.3 Å². The van der Waals surface area contributed by atoms with Crippen LogP contribution in [0.25, 0.3) is 0 Å². The zero-order valence-electron chi connectivity index (χ0n) is 7.84. The molecule has 0 aromatic carbocycles. The van der Waals surface area contributed by atoms with Gasteiger partial charge in [0.1, 0.15) is 0 Å². The summed E-state index contributed by atoms with van der Waals surface area (Å²) in [4.78, 5) is 0. The van der Waals surface area contributed by atoms with Gasteiger partial charge in [-0.15, -0.1) is 0 Å². The van der Waals surface area contributed by atoms with Crippen molar-refractivity contribution in [2.24, 2.45) is 0 Å². The highest BCUT2D eigenvalue weighted by atomic mass is 32.1. The lowest BCUT2D eigenvalue weighted by Gasteiger charge is -2.11. The molecular formula is C10H17NS. The van der Waals surface area contributed by atoms with E-state index in [2.05, 4.69) is 36.0 Å². The molecule has 0 radical (unpaired) electrons. The van der Waals surface area contributed by atoms with Gasteiger partial charge in [-0.05, 0) is 42.3 Å². The molecule has 0 aliphatic carbocycles. The zero-order valence-corrected chi connectivity index (χ0v) is 8.66. The van der Waals surface area contributed by atoms with E-state index in [4.69, 9.17) is 0 Å². The Morgan fingerprint density at radius 2 is 2.42 bits per heavy atom. The van der Waals surface area contributed by atoms with Crippen molar-refractivity contribution in [1.82, 2.24) is 5.32 Å². The molecule has 0 saturated carbocycles. The molecule has 0 spiro atoms. The monoisotopic (exact) mass is 183 g/mol. The van der Waals surface area contributed by atoms with Crippen molar-refractivity contribution >= 4 is 11.3 Å². The normalized spacial score (nSPS) is 13.2. The largest absolute Gasteiger partial charge is 0.310 e. The molecule has 0 fully saturated rings. The van der Waals surface area contributed by atoms with Crippen LogP contribution in [0, 0.1) is 0 Å². The van der Waals surface area contributed by atoms with Crippen LogP contribution in [0.2, 0.25) is 0 Å². The highest BCUT2D eigenvalue weighted by Gasteiger charge is 2.02. The minimum Gasteiger partial charge on any atom is -0.310 e. The van der Waals surface area contributed by atoms with Crippen molar-refractivity contribution in [2.75, 3.05) is 6.54 Å². The maximum absolute atomic E-state index is 3.49. The van der Waals surface area contributed by atoms with Gasteiger partial charge in [0.15, 0.2) is 0 Å². The quantitative estimate of drug-likeness (QED) is 0.691. The van der Waals surface area contributed by atoms with Gasteiger partial charge in [-0.2, -0.15) is 11.3 Å². The Morgan fingerprint density at radius 3 is 3.00 bits per heavy atom. The van der Waals surface area contributed by atoms with Gasteiger partial charge in [0.05, 0.1) is 0 Å². The molecule has 1 atom stereocenters. The number of unbranched alkanes of at least 4 members (excludes halogenated alkanes) is 1.